The lowest BCUT2D eigenvalue weighted by Gasteiger charge is -2.03. The molecular formula is C16H12BrNO. The lowest BCUT2D eigenvalue weighted by Crippen LogP contribution is -2.02. The van der Waals surface area contributed by atoms with Gasteiger partial charge in [0.25, 0.3) is 0 Å². The van der Waals surface area contributed by atoms with Gasteiger partial charge in [-0.25, -0.2) is 0 Å². The summed E-state index contributed by atoms with van der Waals surface area (Å²) in [5.74, 6) is 0.0578. The van der Waals surface area contributed by atoms with Crippen molar-refractivity contribution in [2.75, 3.05) is 0 Å². The minimum atomic E-state index is 0.0578. The zero-order chi connectivity index (χ0) is 13.4. The first-order chi connectivity index (χ1) is 9.16. The van der Waals surface area contributed by atoms with Gasteiger partial charge in [0.15, 0.2) is 5.78 Å². The molecule has 19 heavy (non-hydrogen) atoms. The van der Waals surface area contributed by atoms with Crippen LogP contribution in [0.15, 0.2) is 53.1 Å². The summed E-state index contributed by atoms with van der Waals surface area (Å²) in [4.78, 5) is 15.8. The van der Waals surface area contributed by atoms with Crippen LogP contribution in [0.2, 0.25) is 0 Å². The zero-order valence-electron chi connectivity index (χ0n) is 10.4. The van der Waals surface area contributed by atoms with E-state index in [1.807, 2.05) is 49.4 Å². The molecule has 3 heteroatoms. The second-order valence-corrected chi connectivity index (χ2v) is 5.45. The molecular weight excluding hydrogens is 302 g/mol. The number of carbonyl (C=O) groups excluding carboxylic acids is 1. The van der Waals surface area contributed by atoms with Gasteiger partial charge in [0.2, 0.25) is 0 Å². The minimum Gasteiger partial charge on any atom is -0.360 e. The highest BCUT2D eigenvalue weighted by molar-refractivity contribution is 9.10. The molecule has 94 valence electrons. The predicted octanol–water partition coefficient (Wildman–Crippen LogP) is 4.47. The molecule has 2 aromatic carbocycles. The Morgan fingerprint density at radius 2 is 1.89 bits per heavy atom. The van der Waals surface area contributed by atoms with Gasteiger partial charge < -0.3 is 4.98 Å². The maximum absolute atomic E-state index is 12.6. The van der Waals surface area contributed by atoms with Crippen molar-refractivity contribution in [1.82, 2.24) is 4.98 Å². The van der Waals surface area contributed by atoms with E-state index in [9.17, 15) is 4.79 Å². The molecule has 1 heterocycles. The van der Waals surface area contributed by atoms with Crippen LogP contribution in [0.1, 0.15) is 21.5 Å². The van der Waals surface area contributed by atoms with Crippen LogP contribution in [0.5, 0.6) is 0 Å². The van der Waals surface area contributed by atoms with Gasteiger partial charge in [-0.05, 0) is 30.7 Å². The summed E-state index contributed by atoms with van der Waals surface area (Å²) in [6.45, 7) is 1.96. The summed E-state index contributed by atoms with van der Waals surface area (Å²) in [5, 5.41) is 0.947. The third-order valence-corrected chi connectivity index (χ3v) is 3.77. The van der Waals surface area contributed by atoms with Gasteiger partial charge in [-0.1, -0.05) is 40.2 Å². The first-order valence-corrected chi connectivity index (χ1v) is 6.83. The normalized spacial score (nSPS) is 10.8. The molecule has 0 aliphatic heterocycles. The van der Waals surface area contributed by atoms with E-state index >= 15 is 0 Å². The highest BCUT2D eigenvalue weighted by atomic mass is 79.9. The highest BCUT2D eigenvalue weighted by Gasteiger charge is 2.15. The molecule has 0 atom stereocenters. The van der Waals surface area contributed by atoms with Crippen LogP contribution in [-0.4, -0.2) is 10.8 Å². The van der Waals surface area contributed by atoms with E-state index in [1.165, 1.54) is 0 Å². The van der Waals surface area contributed by atoms with Crippen molar-refractivity contribution < 1.29 is 4.79 Å². The lowest BCUT2D eigenvalue weighted by molar-refractivity contribution is 0.104. The molecule has 0 unspecified atom stereocenters. The summed E-state index contributed by atoms with van der Waals surface area (Å²) in [6.07, 6.45) is 1.78. The van der Waals surface area contributed by atoms with Gasteiger partial charge >= 0.3 is 0 Å². The molecule has 0 radical (unpaired) electrons. The second-order valence-electron chi connectivity index (χ2n) is 4.54. The minimum absolute atomic E-state index is 0.0578. The number of aryl methyl sites for hydroxylation is 1. The number of benzene rings is 2. The van der Waals surface area contributed by atoms with Gasteiger partial charge in [-0.15, -0.1) is 0 Å². The van der Waals surface area contributed by atoms with Crippen molar-refractivity contribution in [1.29, 1.82) is 0 Å². The Labute approximate surface area is 119 Å². The van der Waals surface area contributed by atoms with Gasteiger partial charge in [-0.2, -0.15) is 0 Å². The van der Waals surface area contributed by atoms with Crippen LogP contribution in [0.4, 0.5) is 0 Å². The van der Waals surface area contributed by atoms with Crippen molar-refractivity contribution in [2.45, 2.75) is 6.92 Å². The first-order valence-electron chi connectivity index (χ1n) is 6.04. The number of aromatic nitrogens is 1. The molecule has 0 fully saturated rings. The quantitative estimate of drug-likeness (QED) is 0.696. The topological polar surface area (TPSA) is 32.9 Å². The molecule has 1 aromatic heterocycles. The predicted molar refractivity (Wildman–Crippen MR) is 80.6 cm³/mol. The second kappa shape index (κ2) is 4.67. The molecule has 0 bridgehead atoms. The average Bonchev–Trinajstić information content (AvgIpc) is 2.81. The SMILES string of the molecule is Cc1ccccc1C(=O)c1c[nH]c2ccc(Br)cc12. The lowest BCUT2D eigenvalue weighted by atomic mass is 9.99. The smallest absolute Gasteiger partial charge is 0.195 e. The summed E-state index contributed by atoms with van der Waals surface area (Å²) >= 11 is 3.45. The number of nitrogens with one attached hydrogen (secondary N) is 1. The zero-order valence-corrected chi connectivity index (χ0v) is 12.0. The molecule has 1 N–H and O–H groups in total. The molecule has 0 amide bonds. The number of carbonyl (C=O) groups is 1. The standard InChI is InChI=1S/C16H12BrNO/c1-10-4-2-3-5-12(10)16(19)14-9-18-15-7-6-11(17)8-13(14)15/h2-9,18H,1H3. The van der Waals surface area contributed by atoms with Crippen LogP contribution < -0.4 is 0 Å². The van der Waals surface area contributed by atoms with Crippen molar-refractivity contribution in [2.24, 2.45) is 0 Å². The number of hydrogen-bond donors (Lipinski definition) is 1. The fourth-order valence-electron chi connectivity index (χ4n) is 2.25. The Bertz CT molecular complexity index is 773. The van der Waals surface area contributed by atoms with Gasteiger partial charge in [0, 0.05) is 32.7 Å². The van der Waals surface area contributed by atoms with E-state index in [1.54, 1.807) is 6.20 Å². The van der Waals surface area contributed by atoms with E-state index < -0.39 is 0 Å². The fraction of sp³-hybridized carbons (Fsp3) is 0.0625. The molecule has 0 aliphatic carbocycles. The van der Waals surface area contributed by atoms with Crippen molar-refractivity contribution in [3.05, 3.63) is 69.8 Å². The van der Waals surface area contributed by atoms with E-state index in [0.29, 0.717) is 5.56 Å². The van der Waals surface area contributed by atoms with Crippen LogP contribution in [0, 0.1) is 6.92 Å². The Kier molecular flexibility index (Phi) is 2.99. The largest absolute Gasteiger partial charge is 0.360 e. The molecule has 0 saturated carbocycles. The number of fused-ring (bicyclic) bond motifs is 1. The van der Waals surface area contributed by atoms with E-state index in [-0.39, 0.29) is 5.78 Å². The van der Waals surface area contributed by atoms with E-state index in [0.717, 1.165) is 26.5 Å². The Hall–Kier alpha value is -1.87. The van der Waals surface area contributed by atoms with E-state index in [4.69, 9.17) is 0 Å². The Morgan fingerprint density at radius 3 is 2.68 bits per heavy atom. The Balaban J connectivity index is 2.17. The number of ketones is 1. The Morgan fingerprint density at radius 1 is 1.11 bits per heavy atom. The third-order valence-electron chi connectivity index (χ3n) is 3.28. The first kappa shape index (κ1) is 12.2. The van der Waals surface area contributed by atoms with Crippen molar-refractivity contribution in [3.63, 3.8) is 0 Å². The number of aromatic amines is 1. The number of halogens is 1. The summed E-state index contributed by atoms with van der Waals surface area (Å²) in [6, 6.07) is 13.6. The summed E-state index contributed by atoms with van der Waals surface area (Å²) in [5.41, 5.74) is 3.44. The maximum Gasteiger partial charge on any atom is 0.195 e. The van der Waals surface area contributed by atoms with E-state index in [2.05, 4.69) is 20.9 Å². The van der Waals surface area contributed by atoms with Crippen LogP contribution >= 0.6 is 15.9 Å². The van der Waals surface area contributed by atoms with Gasteiger partial charge in [0.05, 0.1) is 0 Å². The third kappa shape index (κ3) is 2.10. The highest BCUT2D eigenvalue weighted by Crippen LogP contribution is 2.25. The molecule has 0 spiro atoms. The van der Waals surface area contributed by atoms with Gasteiger partial charge in [0.1, 0.15) is 0 Å². The maximum atomic E-state index is 12.6. The fourth-order valence-corrected chi connectivity index (χ4v) is 2.61. The molecule has 2 nitrogen and oxygen atoms in total. The molecule has 0 aliphatic rings. The van der Waals surface area contributed by atoms with Crippen LogP contribution in [-0.2, 0) is 0 Å². The van der Waals surface area contributed by atoms with Crippen molar-refractivity contribution >= 4 is 32.6 Å². The van der Waals surface area contributed by atoms with Gasteiger partial charge in [-0.3, -0.25) is 4.79 Å². The number of rotatable bonds is 2. The molecule has 3 aromatic rings. The monoisotopic (exact) mass is 313 g/mol. The summed E-state index contributed by atoms with van der Waals surface area (Å²) < 4.78 is 0.971. The van der Waals surface area contributed by atoms with Crippen LogP contribution in [0.25, 0.3) is 10.9 Å². The van der Waals surface area contributed by atoms with Crippen molar-refractivity contribution in [3.8, 4) is 0 Å². The number of hydrogen-bond acceptors (Lipinski definition) is 1. The molecule has 3 rings (SSSR count). The summed E-state index contributed by atoms with van der Waals surface area (Å²) in [7, 11) is 0. The van der Waals surface area contributed by atoms with Crippen LogP contribution in [0.3, 0.4) is 0 Å². The molecule has 0 saturated heterocycles. The number of H-pyrrole nitrogens is 1. The average molecular weight is 314 g/mol.